The molecule has 0 amide bonds. The van der Waals surface area contributed by atoms with E-state index in [9.17, 15) is 14.9 Å². The van der Waals surface area contributed by atoms with Crippen LogP contribution in [0.5, 0.6) is 0 Å². The molecule has 0 aliphatic carbocycles. The molecule has 7 heteroatoms. The normalized spacial score (nSPS) is 10.8. The van der Waals surface area contributed by atoms with Gasteiger partial charge in [-0.25, -0.2) is 4.79 Å². The number of aromatic nitrogens is 2. The largest absolute Gasteiger partial charge is 0.462 e. The number of esters is 1. The van der Waals surface area contributed by atoms with Crippen molar-refractivity contribution in [3.63, 3.8) is 0 Å². The van der Waals surface area contributed by atoms with Gasteiger partial charge in [0.2, 0.25) is 0 Å². The van der Waals surface area contributed by atoms with Crippen LogP contribution in [0.3, 0.4) is 0 Å². The molecular weight excluding hydrogens is 346 g/mol. The average molecular weight is 367 g/mol. The first-order chi connectivity index (χ1) is 13.1. The van der Waals surface area contributed by atoms with Crippen LogP contribution in [0.15, 0.2) is 48.8 Å². The van der Waals surface area contributed by atoms with Crippen LogP contribution in [0.1, 0.15) is 41.7 Å². The number of non-ortho nitro benzene ring substituents is 1. The first kappa shape index (κ1) is 18.6. The van der Waals surface area contributed by atoms with E-state index in [1.54, 1.807) is 30.5 Å². The molecule has 2 heterocycles. The lowest BCUT2D eigenvalue weighted by atomic mass is 10.1. The fourth-order valence-corrected chi connectivity index (χ4v) is 2.93. The van der Waals surface area contributed by atoms with Crippen LogP contribution >= 0.6 is 0 Å². The molecule has 0 atom stereocenters. The summed E-state index contributed by atoms with van der Waals surface area (Å²) >= 11 is 0. The molecule has 0 unspecified atom stereocenters. The number of unbranched alkanes of at least 4 members (excludes halogenated alkanes) is 3. The summed E-state index contributed by atoms with van der Waals surface area (Å²) in [5.41, 5.74) is 2.57. The van der Waals surface area contributed by atoms with Gasteiger partial charge < -0.3 is 9.72 Å². The van der Waals surface area contributed by atoms with Crippen molar-refractivity contribution in [3.8, 4) is 0 Å². The molecule has 3 aromatic rings. The molecule has 1 aromatic carbocycles. The zero-order valence-electron chi connectivity index (χ0n) is 14.9. The second kappa shape index (κ2) is 8.93. The molecule has 0 saturated heterocycles. The monoisotopic (exact) mass is 367 g/mol. The summed E-state index contributed by atoms with van der Waals surface area (Å²) in [4.78, 5) is 29.4. The maximum absolute atomic E-state index is 11.8. The molecule has 3 rings (SSSR count). The first-order valence-electron chi connectivity index (χ1n) is 8.97. The Morgan fingerprint density at radius 2 is 2.00 bits per heavy atom. The van der Waals surface area contributed by atoms with Gasteiger partial charge in [-0.3, -0.25) is 15.1 Å². The molecule has 7 nitrogen and oxygen atoms in total. The minimum atomic E-state index is -0.382. The third kappa shape index (κ3) is 5.13. The van der Waals surface area contributed by atoms with Gasteiger partial charge in [-0.2, -0.15) is 0 Å². The molecule has 27 heavy (non-hydrogen) atoms. The van der Waals surface area contributed by atoms with Crippen LogP contribution in [-0.4, -0.2) is 27.5 Å². The SMILES string of the molecule is O=C(OCCCCCCc1cc2cc([N+](=O)[O-])ccc2[nH]1)c1cccnc1. The Morgan fingerprint density at radius 3 is 2.78 bits per heavy atom. The third-order valence-electron chi connectivity index (χ3n) is 4.34. The van der Waals surface area contributed by atoms with E-state index >= 15 is 0 Å². The minimum absolute atomic E-state index is 0.105. The number of nitrogens with one attached hydrogen (secondary N) is 1. The second-order valence-electron chi connectivity index (χ2n) is 6.37. The molecule has 0 fully saturated rings. The van der Waals surface area contributed by atoms with Crippen molar-refractivity contribution in [2.45, 2.75) is 32.1 Å². The maximum Gasteiger partial charge on any atom is 0.339 e. The highest BCUT2D eigenvalue weighted by molar-refractivity contribution is 5.88. The zero-order valence-corrected chi connectivity index (χ0v) is 14.9. The quantitative estimate of drug-likeness (QED) is 0.261. The highest BCUT2D eigenvalue weighted by Gasteiger charge is 2.08. The summed E-state index contributed by atoms with van der Waals surface area (Å²) in [7, 11) is 0. The summed E-state index contributed by atoms with van der Waals surface area (Å²) < 4.78 is 5.22. The summed E-state index contributed by atoms with van der Waals surface area (Å²) in [6.45, 7) is 0.407. The predicted molar refractivity (Wildman–Crippen MR) is 102 cm³/mol. The van der Waals surface area contributed by atoms with E-state index < -0.39 is 0 Å². The number of rotatable bonds is 9. The van der Waals surface area contributed by atoms with Crippen molar-refractivity contribution in [2.24, 2.45) is 0 Å². The lowest BCUT2D eigenvalue weighted by Gasteiger charge is -2.04. The van der Waals surface area contributed by atoms with Crippen molar-refractivity contribution in [2.75, 3.05) is 6.61 Å². The molecule has 0 spiro atoms. The number of ether oxygens (including phenoxy) is 1. The van der Waals surface area contributed by atoms with E-state index in [-0.39, 0.29) is 16.6 Å². The fraction of sp³-hybridized carbons (Fsp3) is 0.300. The van der Waals surface area contributed by atoms with Crippen LogP contribution in [-0.2, 0) is 11.2 Å². The first-order valence-corrected chi connectivity index (χ1v) is 8.97. The van der Waals surface area contributed by atoms with Gasteiger partial charge in [-0.1, -0.05) is 12.8 Å². The van der Waals surface area contributed by atoms with Crippen LogP contribution < -0.4 is 0 Å². The van der Waals surface area contributed by atoms with E-state index in [1.165, 1.54) is 12.3 Å². The van der Waals surface area contributed by atoms with Crippen LogP contribution in [0.2, 0.25) is 0 Å². The van der Waals surface area contributed by atoms with Crippen molar-refractivity contribution < 1.29 is 14.5 Å². The molecule has 0 aliphatic heterocycles. The number of pyridine rings is 1. The standard InChI is InChI=1S/C20H21N3O4/c24-20(15-6-5-10-21-14-15)27-11-4-2-1-3-7-17-12-16-13-18(23(25)26)8-9-19(16)22-17/h5-6,8-10,12-14,22H,1-4,7,11H2. The number of nitro groups is 1. The number of hydrogen-bond acceptors (Lipinski definition) is 5. The summed E-state index contributed by atoms with van der Waals surface area (Å²) in [6, 6.07) is 10.2. The molecule has 0 aliphatic rings. The molecule has 1 N–H and O–H groups in total. The second-order valence-corrected chi connectivity index (χ2v) is 6.37. The van der Waals surface area contributed by atoms with E-state index in [0.717, 1.165) is 48.7 Å². The number of aromatic amines is 1. The number of nitrogens with zero attached hydrogens (tertiary/aromatic N) is 2. The number of fused-ring (bicyclic) bond motifs is 1. The Balaban J connectivity index is 1.35. The van der Waals surface area contributed by atoms with Gasteiger partial charge in [0.25, 0.3) is 5.69 Å². The number of carbonyl (C=O) groups is 1. The fourth-order valence-electron chi connectivity index (χ4n) is 2.93. The highest BCUT2D eigenvalue weighted by atomic mass is 16.6. The number of aryl methyl sites for hydroxylation is 1. The Hall–Kier alpha value is -3.22. The summed E-state index contributed by atoms with van der Waals surface area (Å²) in [5, 5.41) is 11.7. The predicted octanol–water partition coefficient (Wildman–Crippen LogP) is 4.43. The molecule has 0 saturated carbocycles. The third-order valence-corrected chi connectivity index (χ3v) is 4.34. The van der Waals surface area contributed by atoms with Gasteiger partial charge in [0, 0.05) is 41.1 Å². The highest BCUT2D eigenvalue weighted by Crippen LogP contribution is 2.22. The number of nitro benzene ring substituents is 1. The van der Waals surface area contributed by atoms with Crippen molar-refractivity contribution in [3.05, 3.63) is 70.2 Å². The lowest BCUT2D eigenvalue weighted by molar-refractivity contribution is -0.384. The Bertz CT molecular complexity index is 921. The van der Waals surface area contributed by atoms with Gasteiger partial charge >= 0.3 is 5.97 Å². The molecular formula is C20H21N3O4. The Morgan fingerprint density at radius 1 is 1.15 bits per heavy atom. The summed E-state index contributed by atoms with van der Waals surface area (Å²) in [5.74, 6) is -0.338. The van der Waals surface area contributed by atoms with E-state index in [4.69, 9.17) is 4.74 Å². The number of benzene rings is 1. The van der Waals surface area contributed by atoms with Crippen molar-refractivity contribution >= 4 is 22.6 Å². The number of carbonyl (C=O) groups excluding carboxylic acids is 1. The van der Waals surface area contributed by atoms with Gasteiger partial charge in [-0.05, 0) is 43.5 Å². The van der Waals surface area contributed by atoms with Gasteiger partial charge in [0.1, 0.15) is 0 Å². The Labute approximate surface area is 156 Å². The number of H-pyrrole nitrogens is 1. The van der Waals surface area contributed by atoms with Crippen molar-refractivity contribution in [1.29, 1.82) is 0 Å². The lowest BCUT2D eigenvalue weighted by Crippen LogP contribution is -2.06. The molecule has 0 bridgehead atoms. The van der Waals surface area contributed by atoms with E-state index in [0.29, 0.717) is 12.2 Å². The van der Waals surface area contributed by atoms with Gasteiger partial charge in [0.15, 0.2) is 0 Å². The Kier molecular flexibility index (Phi) is 6.14. The molecule has 140 valence electrons. The molecule has 2 aromatic heterocycles. The maximum atomic E-state index is 11.8. The van der Waals surface area contributed by atoms with Crippen LogP contribution in [0.25, 0.3) is 10.9 Å². The topological polar surface area (TPSA) is 98.1 Å². The zero-order chi connectivity index (χ0) is 19.1. The van der Waals surface area contributed by atoms with Crippen molar-refractivity contribution in [1.82, 2.24) is 9.97 Å². The van der Waals surface area contributed by atoms with Crippen LogP contribution in [0, 0.1) is 10.1 Å². The average Bonchev–Trinajstić information content (AvgIpc) is 3.09. The molecule has 0 radical (unpaired) electrons. The van der Waals surface area contributed by atoms with Gasteiger partial charge in [0.05, 0.1) is 17.1 Å². The minimum Gasteiger partial charge on any atom is -0.462 e. The smallest absolute Gasteiger partial charge is 0.339 e. The summed E-state index contributed by atoms with van der Waals surface area (Å²) in [6.07, 6.45) is 7.84. The van der Waals surface area contributed by atoms with E-state index in [1.807, 2.05) is 6.07 Å². The van der Waals surface area contributed by atoms with E-state index in [2.05, 4.69) is 9.97 Å². The number of hydrogen-bond donors (Lipinski definition) is 1. The van der Waals surface area contributed by atoms with Crippen LogP contribution in [0.4, 0.5) is 5.69 Å². The van der Waals surface area contributed by atoms with Gasteiger partial charge in [-0.15, -0.1) is 0 Å².